The molecule has 0 aliphatic heterocycles. The number of aliphatic carboxylic acids is 1. The van der Waals surface area contributed by atoms with Crippen LogP contribution >= 0.6 is 0 Å². The smallest absolute Gasteiger partial charge is 0.303 e. The first-order valence-corrected chi connectivity index (χ1v) is 6.17. The summed E-state index contributed by atoms with van der Waals surface area (Å²) in [7, 11) is 0. The molecule has 0 unspecified atom stereocenters. The second-order valence-electron chi connectivity index (χ2n) is 4.56. The minimum absolute atomic E-state index is 0.0972. The number of Topliss-reactive ketones (excluding diaryl/α,β-unsaturated/α-hetero) is 1. The molecule has 0 saturated heterocycles. The SMILES string of the molecule is C=C/C=C\C[C@H]1C(=O)CC[C@@H]1CCCC(=O)O. The third-order valence-corrected chi connectivity index (χ3v) is 3.37. The molecule has 0 spiro atoms. The number of rotatable bonds is 7. The van der Waals surface area contributed by atoms with Crippen LogP contribution in [-0.2, 0) is 9.59 Å². The van der Waals surface area contributed by atoms with E-state index in [4.69, 9.17) is 5.11 Å². The standard InChI is InChI=1S/C14H20O3/c1-2-3-4-7-12-11(9-10-13(12)15)6-5-8-14(16)17/h2-4,11-12H,1,5-10H2,(H,16,17)/b4-3-/t11-,12+/m0/s1. The van der Waals surface area contributed by atoms with Gasteiger partial charge in [-0.05, 0) is 31.6 Å². The largest absolute Gasteiger partial charge is 0.481 e. The molecule has 1 rings (SSSR count). The lowest BCUT2D eigenvalue weighted by atomic mass is 9.88. The summed E-state index contributed by atoms with van der Waals surface area (Å²) in [4.78, 5) is 22.1. The molecule has 0 radical (unpaired) electrons. The highest BCUT2D eigenvalue weighted by molar-refractivity contribution is 5.83. The Morgan fingerprint density at radius 1 is 1.53 bits per heavy atom. The molecule has 94 valence electrons. The maximum atomic E-state index is 11.7. The van der Waals surface area contributed by atoms with Gasteiger partial charge in [-0.25, -0.2) is 0 Å². The molecule has 1 fully saturated rings. The first-order chi connectivity index (χ1) is 8.15. The lowest BCUT2D eigenvalue weighted by molar-refractivity contribution is -0.137. The van der Waals surface area contributed by atoms with E-state index in [9.17, 15) is 9.59 Å². The van der Waals surface area contributed by atoms with Crippen molar-refractivity contribution in [2.24, 2.45) is 11.8 Å². The van der Waals surface area contributed by atoms with Gasteiger partial charge < -0.3 is 5.11 Å². The van der Waals surface area contributed by atoms with E-state index in [0.717, 1.165) is 19.3 Å². The van der Waals surface area contributed by atoms with Crippen molar-refractivity contribution in [2.75, 3.05) is 0 Å². The zero-order valence-electron chi connectivity index (χ0n) is 10.1. The van der Waals surface area contributed by atoms with Crippen molar-refractivity contribution in [1.29, 1.82) is 0 Å². The molecule has 2 atom stereocenters. The molecule has 0 heterocycles. The van der Waals surface area contributed by atoms with Crippen LogP contribution in [-0.4, -0.2) is 16.9 Å². The molecule has 3 nitrogen and oxygen atoms in total. The van der Waals surface area contributed by atoms with E-state index < -0.39 is 5.97 Å². The third-order valence-electron chi connectivity index (χ3n) is 3.37. The van der Waals surface area contributed by atoms with Gasteiger partial charge in [-0.3, -0.25) is 9.59 Å². The molecular formula is C14H20O3. The average molecular weight is 236 g/mol. The van der Waals surface area contributed by atoms with Crippen molar-refractivity contribution in [3.05, 3.63) is 24.8 Å². The number of carboxylic acid groups (broad SMARTS) is 1. The first-order valence-electron chi connectivity index (χ1n) is 6.17. The number of carboxylic acids is 1. The molecule has 1 aliphatic rings. The van der Waals surface area contributed by atoms with Crippen LogP contribution in [0.15, 0.2) is 24.8 Å². The minimum atomic E-state index is -0.752. The van der Waals surface area contributed by atoms with Gasteiger partial charge in [0, 0.05) is 18.8 Å². The van der Waals surface area contributed by atoms with Crippen LogP contribution in [0.2, 0.25) is 0 Å². The number of carbonyl (C=O) groups is 2. The Kier molecular flexibility index (Phi) is 5.67. The Labute approximate surface area is 102 Å². The lowest BCUT2D eigenvalue weighted by Gasteiger charge is -2.16. The van der Waals surface area contributed by atoms with Crippen LogP contribution in [0.3, 0.4) is 0 Å². The molecule has 3 heteroatoms. The van der Waals surface area contributed by atoms with Gasteiger partial charge in [-0.1, -0.05) is 24.8 Å². The molecule has 0 aromatic carbocycles. The third kappa shape index (κ3) is 4.55. The fourth-order valence-electron chi connectivity index (χ4n) is 2.48. The summed E-state index contributed by atoms with van der Waals surface area (Å²) < 4.78 is 0. The fourth-order valence-corrected chi connectivity index (χ4v) is 2.48. The maximum absolute atomic E-state index is 11.7. The van der Waals surface area contributed by atoms with Gasteiger partial charge in [0.05, 0.1) is 0 Å². The van der Waals surface area contributed by atoms with E-state index in [2.05, 4.69) is 6.58 Å². The van der Waals surface area contributed by atoms with E-state index in [1.807, 2.05) is 12.2 Å². The Hall–Kier alpha value is -1.38. The van der Waals surface area contributed by atoms with Crippen molar-refractivity contribution < 1.29 is 14.7 Å². The Morgan fingerprint density at radius 2 is 2.29 bits per heavy atom. The summed E-state index contributed by atoms with van der Waals surface area (Å²) >= 11 is 0. The normalized spacial score (nSPS) is 24.4. The van der Waals surface area contributed by atoms with Crippen molar-refractivity contribution in [1.82, 2.24) is 0 Å². The predicted octanol–water partition coefficient (Wildman–Crippen LogP) is 2.97. The van der Waals surface area contributed by atoms with Crippen LogP contribution in [0, 0.1) is 11.8 Å². The summed E-state index contributed by atoms with van der Waals surface area (Å²) in [5.74, 6) is 0.0489. The van der Waals surface area contributed by atoms with Gasteiger partial charge in [0.15, 0.2) is 0 Å². The quantitative estimate of drug-likeness (QED) is 0.691. The Balaban J connectivity index is 2.41. The van der Waals surface area contributed by atoms with Crippen LogP contribution in [0.25, 0.3) is 0 Å². The topological polar surface area (TPSA) is 54.4 Å². The van der Waals surface area contributed by atoms with E-state index in [-0.39, 0.29) is 12.3 Å². The predicted molar refractivity (Wildman–Crippen MR) is 66.7 cm³/mol. The van der Waals surface area contributed by atoms with Gasteiger partial charge in [0.2, 0.25) is 0 Å². The van der Waals surface area contributed by atoms with Gasteiger partial charge in [0.25, 0.3) is 0 Å². The fraction of sp³-hybridized carbons (Fsp3) is 0.571. The van der Waals surface area contributed by atoms with E-state index >= 15 is 0 Å². The summed E-state index contributed by atoms with van der Waals surface area (Å²) in [6, 6.07) is 0. The molecule has 0 bridgehead atoms. The minimum Gasteiger partial charge on any atom is -0.481 e. The van der Waals surface area contributed by atoms with Crippen molar-refractivity contribution in [3.8, 4) is 0 Å². The number of hydrogen-bond acceptors (Lipinski definition) is 2. The highest BCUT2D eigenvalue weighted by Gasteiger charge is 2.32. The van der Waals surface area contributed by atoms with E-state index in [0.29, 0.717) is 24.5 Å². The highest BCUT2D eigenvalue weighted by atomic mass is 16.4. The van der Waals surface area contributed by atoms with Gasteiger partial charge in [0.1, 0.15) is 5.78 Å². The molecule has 17 heavy (non-hydrogen) atoms. The van der Waals surface area contributed by atoms with Crippen LogP contribution in [0.5, 0.6) is 0 Å². The van der Waals surface area contributed by atoms with Gasteiger partial charge in [-0.2, -0.15) is 0 Å². The van der Waals surface area contributed by atoms with Gasteiger partial charge in [-0.15, -0.1) is 0 Å². The molecular weight excluding hydrogens is 216 g/mol. The van der Waals surface area contributed by atoms with E-state index in [1.54, 1.807) is 6.08 Å². The summed E-state index contributed by atoms with van der Waals surface area (Å²) in [6.45, 7) is 3.59. The summed E-state index contributed by atoms with van der Waals surface area (Å²) in [5.41, 5.74) is 0. The monoisotopic (exact) mass is 236 g/mol. The molecule has 1 aliphatic carbocycles. The highest BCUT2D eigenvalue weighted by Crippen LogP contribution is 2.35. The molecule has 0 aromatic rings. The number of carbonyl (C=O) groups excluding carboxylic acids is 1. The van der Waals surface area contributed by atoms with Gasteiger partial charge >= 0.3 is 5.97 Å². The average Bonchev–Trinajstić information content (AvgIpc) is 2.61. The number of allylic oxidation sites excluding steroid dienone is 3. The van der Waals surface area contributed by atoms with Crippen molar-refractivity contribution >= 4 is 11.8 Å². The second-order valence-corrected chi connectivity index (χ2v) is 4.56. The molecule has 0 aromatic heterocycles. The first kappa shape index (κ1) is 13.7. The Morgan fingerprint density at radius 3 is 2.94 bits per heavy atom. The number of ketones is 1. The van der Waals surface area contributed by atoms with Crippen LogP contribution in [0.1, 0.15) is 38.5 Å². The molecule has 0 amide bonds. The zero-order chi connectivity index (χ0) is 12.7. The van der Waals surface area contributed by atoms with E-state index in [1.165, 1.54) is 0 Å². The maximum Gasteiger partial charge on any atom is 0.303 e. The molecule has 1 N–H and O–H groups in total. The second kappa shape index (κ2) is 7.05. The van der Waals surface area contributed by atoms with Crippen LogP contribution < -0.4 is 0 Å². The number of hydrogen-bond donors (Lipinski definition) is 1. The van der Waals surface area contributed by atoms with Crippen LogP contribution in [0.4, 0.5) is 0 Å². The summed E-state index contributed by atoms with van der Waals surface area (Å²) in [5, 5.41) is 8.59. The van der Waals surface area contributed by atoms with Crippen molar-refractivity contribution in [3.63, 3.8) is 0 Å². The lowest BCUT2D eigenvalue weighted by Crippen LogP contribution is -2.14. The molecule has 1 saturated carbocycles. The zero-order valence-corrected chi connectivity index (χ0v) is 10.1. The summed E-state index contributed by atoms with van der Waals surface area (Å²) in [6.07, 6.45) is 9.63. The van der Waals surface area contributed by atoms with Crippen molar-refractivity contribution in [2.45, 2.75) is 38.5 Å². The Bertz CT molecular complexity index is 317.